The number of phenolic OH excluding ortho intramolecular Hbond substituents is 1. The van der Waals surface area contributed by atoms with Crippen LogP contribution in [-0.4, -0.2) is 18.2 Å². The van der Waals surface area contributed by atoms with E-state index in [-0.39, 0.29) is 23.9 Å². The SMILES string of the molecule is CCN(CC)c1ccc([C@@H](N)C(C)(C)C)c(O)c1.Cl. The van der Waals surface area contributed by atoms with Gasteiger partial charge in [0.25, 0.3) is 0 Å². The summed E-state index contributed by atoms with van der Waals surface area (Å²) >= 11 is 0. The summed E-state index contributed by atoms with van der Waals surface area (Å²) < 4.78 is 0. The van der Waals surface area contributed by atoms with E-state index in [0.29, 0.717) is 5.75 Å². The minimum Gasteiger partial charge on any atom is -0.508 e. The molecule has 0 heterocycles. The number of hydrogen-bond acceptors (Lipinski definition) is 3. The number of halogens is 1. The van der Waals surface area contributed by atoms with Crippen LogP contribution in [0.5, 0.6) is 5.75 Å². The molecule has 19 heavy (non-hydrogen) atoms. The fourth-order valence-corrected chi connectivity index (χ4v) is 2.05. The van der Waals surface area contributed by atoms with Gasteiger partial charge < -0.3 is 15.7 Å². The summed E-state index contributed by atoms with van der Waals surface area (Å²) in [6.45, 7) is 12.3. The molecule has 0 bridgehead atoms. The lowest BCUT2D eigenvalue weighted by Crippen LogP contribution is -2.26. The molecule has 0 amide bonds. The zero-order valence-electron chi connectivity index (χ0n) is 12.6. The molecule has 1 atom stereocenters. The van der Waals surface area contributed by atoms with Crippen molar-refractivity contribution in [2.75, 3.05) is 18.0 Å². The summed E-state index contributed by atoms with van der Waals surface area (Å²) in [5, 5.41) is 10.2. The Labute approximate surface area is 123 Å². The second-order valence-electron chi connectivity index (χ2n) is 5.76. The lowest BCUT2D eigenvalue weighted by molar-refractivity contribution is 0.318. The van der Waals surface area contributed by atoms with Gasteiger partial charge in [-0.15, -0.1) is 12.4 Å². The maximum absolute atomic E-state index is 10.2. The van der Waals surface area contributed by atoms with E-state index >= 15 is 0 Å². The quantitative estimate of drug-likeness (QED) is 0.887. The first-order valence-electron chi connectivity index (χ1n) is 6.64. The van der Waals surface area contributed by atoms with Crippen LogP contribution in [0.25, 0.3) is 0 Å². The molecule has 4 heteroatoms. The summed E-state index contributed by atoms with van der Waals surface area (Å²) in [6, 6.07) is 5.63. The average Bonchev–Trinajstić information content (AvgIpc) is 2.29. The smallest absolute Gasteiger partial charge is 0.122 e. The Balaban J connectivity index is 0.00000324. The third-order valence-electron chi connectivity index (χ3n) is 3.41. The van der Waals surface area contributed by atoms with Crippen molar-refractivity contribution in [3.8, 4) is 5.75 Å². The van der Waals surface area contributed by atoms with Crippen LogP contribution in [0, 0.1) is 5.41 Å². The van der Waals surface area contributed by atoms with Crippen molar-refractivity contribution in [3.63, 3.8) is 0 Å². The average molecular weight is 287 g/mol. The molecule has 0 aliphatic rings. The van der Waals surface area contributed by atoms with Gasteiger partial charge in [-0.3, -0.25) is 0 Å². The number of nitrogens with two attached hydrogens (primary N) is 1. The topological polar surface area (TPSA) is 49.5 Å². The third kappa shape index (κ3) is 4.29. The lowest BCUT2D eigenvalue weighted by Gasteiger charge is -2.29. The Bertz CT molecular complexity index is 398. The Kier molecular flexibility index (Phi) is 6.67. The predicted molar refractivity (Wildman–Crippen MR) is 85.3 cm³/mol. The van der Waals surface area contributed by atoms with Gasteiger partial charge in [-0.1, -0.05) is 26.8 Å². The fourth-order valence-electron chi connectivity index (χ4n) is 2.05. The van der Waals surface area contributed by atoms with Crippen molar-refractivity contribution in [2.45, 2.75) is 40.7 Å². The predicted octanol–water partition coefficient (Wildman–Crippen LogP) is 3.71. The molecule has 0 spiro atoms. The number of rotatable bonds is 4. The maximum Gasteiger partial charge on any atom is 0.122 e. The van der Waals surface area contributed by atoms with Crippen LogP contribution >= 0.6 is 12.4 Å². The summed E-state index contributed by atoms with van der Waals surface area (Å²) in [7, 11) is 0. The standard InChI is InChI=1S/C15H26N2O.ClH/c1-6-17(7-2)11-8-9-12(13(18)10-11)14(16)15(3,4)5;/h8-10,14,18H,6-7,16H2,1-5H3;1H/t14-;/m1./s1. The molecule has 0 aliphatic carbocycles. The number of aromatic hydroxyl groups is 1. The molecular formula is C15H27ClN2O. The molecule has 0 aliphatic heterocycles. The van der Waals surface area contributed by atoms with Crippen LogP contribution in [0.15, 0.2) is 18.2 Å². The molecule has 0 radical (unpaired) electrons. The molecule has 110 valence electrons. The van der Waals surface area contributed by atoms with E-state index in [4.69, 9.17) is 5.73 Å². The summed E-state index contributed by atoms with van der Waals surface area (Å²) in [5.41, 5.74) is 7.99. The number of nitrogens with zero attached hydrogens (tertiary/aromatic N) is 1. The second-order valence-corrected chi connectivity index (χ2v) is 5.76. The van der Waals surface area contributed by atoms with Crippen molar-refractivity contribution >= 4 is 18.1 Å². The molecule has 0 fully saturated rings. The summed E-state index contributed by atoms with van der Waals surface area (Å²) in [4.78, 5) is 2.20. The van der Waals surface area contributed by atoms with Crippen LogP contribution in [0.4, 0.5) is 5.69 Å². The van der Waals surface area contributed by atoms with Gasteiger partial charge in [-0.25, -0.2) is 0 Å². The first-order valence-corrected chi connectivity index (χ1v) is 6.64. The van der Waals surface area contributed by atoms with Crippen molar-refractivity contribution in [2.24, 2.45) is 11.1 Å². The Morgan fingerprint density at radius 1 is 1.21 bits per heavy atom. The van der Waals surface area contributed by atoms with E-state index in [1.165, 1.54) is 0 Å². The van der Waals surface area contributed by atoms with Crippen LogP contribution in [0.1, 0.15) is 46.2 Å². The Morgan fingerprint density at radius 3 is 2.11 bits per heavy atom. The molecule has 1 aromatic rings. The minimum atomic E-state index is -0.164. The van der Waals surface area contributed by atoms with E-state index in [1.807, 2.05) is 18.2 Å². The first kappa shape index (κ1) is 18.1. The highest BCUT2D eigenvalue weighted by Crippen LogP contribution is 2.36. The molecule has 0 saturated heterocycles. The molecule has 0 saturated carbocycles. The number of anilines is 1. The van der Waals surface area contributed by atoms with E-state index in [9.17, 15) is 5.11 Å². The Morgan fingerprint density at radius 2 is 1.74 bits per heavy atom. The van der Waals surface area contributed by atoms with E-state index in [1.54, 1.807) is 0 Å². The number of hydrogen-bond donors (Lipinski definition) is 2. The largest absolute Gasteiger partial charge is 0.508 e. The normalized spacial score (nSPS) is 12.7. The van der Waals surface area contributed by atoms with Crippen LogP contribution < -0.4 is 10.6 Å². The zero-order valence-corrected chi connectivity index (χ0v) is 13.4. The molecule has 3 nitrogen and oxygen atoms in total. The number of phenols is 1. The third-order valence-corrected chi connectivity index (χ3v) is 3.41. The molecular weight excluding hydrogens is 260 g/mol. The van der Waals surface area contributed by atoms with Crippen LogP contribution in [-0.2, 0) is 0 Å². The van der Waals surface area contributed by atoms with Crippen LogP contribution in [0.2, 0.25) is 0 Å². The van der Waals surface area contributed by atoms with Crippen molar-refractivity contribution in [1.29, 1.82) is 0 Å². The summed E-state index contributed by atoms with van der Waals surface area (Å²) in [6.07, 6.45) is 0. The minimum absolute atomic E-state index is 0. The zero-order chi connectivity index (χ0) is 13.9. The van der Waals surface area contributed by atoms with Gasteiger partial charge in [-0.05, 0) is 25.3 Å². The van der Waals surface area contributed by atoms with E-state index in [0.717, 1.165) is 24.3 Å². The fraction of sp³-hybridized carbons (Fsp3) is 0.600. The second kappa shape index (κ2) is 7.01. The van der Waals surface area contributed by atoms with Gasteiger partial charge in [0.2, 0.25) is 0 Å². The summed E-state index contributed by atoms with van der Waals surface area (Å²) in [5.74, 6) is 0.293. The molecule has 1 aromatic carbocycles. The highest BCUT2D eigenvalue weighted by atomic mass is 35.5. The van der Waals surface area contributed by atoms with E-state index < -0.39 is 0 Å². The monoisotopic (exact) mass is 286 g/mol. The maximum atomic E-state index is 10.2. The molecule has 1 rings (SSSR count). The van der Waals surface area contributed by atoms with Crippen molar-refractivity contribution in [3.05, 3.63) is 23.8 Å². The van der Waals surface area contributed by atoms with Crippen LogP contribution in [0.3, 0.4) is 0 Å². The first-order chi connectivity index (χ1) is 8.31. The number of benzene rings is 1. The van der Waals surface area contributed by atoms with Gasteiger partial charge in [0, 0.05) is 36.4 Å². The van der Waals surface area contributed by atoms with Gasteiger partial charge in [0.1, 0.15) is 5.75 Å². The highest BCUT2D eigenvalue weighted by molar-refractivity contribution is 5.85. The Hall–Kier alpha value is -0.930. The van der Waals surface area contributed by atoms with Gasteiger partial charge in [0.05, 0.1) is 0 Å². The molecule has 0 unspecified atom stereocenters. The van der Waals surface area contributed by atoms with Gasteiger partial charge in [-0.2, -0.15) is 0 Å². The molecule has 0 aromatic heterocycles. The lowest BCUT2D eigenvalue weighted by atomic mass is 9.82. The van der Waals surface area contributed by atoms with Crippen molar-refractivity contribution < 1.29 is 5.11 Å². The molecule has 3 N–H and O–H groups in total. The van der Waals surface area contributed by atoms with Gasteiger partial charge >= 0.3 is 0 Å². The van der Waals surface area contributed by atoms with Gasteiger partial charge in [0.15, 0.2) is 0 Å². The van der Waals surface area contributed by atoms with E-state index in [2.05, 4.69) is 39.5 Å². The van der Waals surface area contributed by atoms with Crippen molar-refractivity contribution in [1.82, 2.24) is 0 Å². The highest BCUT2D eigenvalue weighted by Gasteiger charge is 2.24.